The fraction of sp³-hybridized carbons (Fsp3) is 0.0556. The zero-order chi connectivity index (χ0) is 14.8. The van der Waals surface area contributed by atoms with Crippen LogP contribution in [0.25, 0.3) is 10.8 Å². The van der Waals surface area contributed by atoms with Crippen molar-refractivity contribution < 1.29 is 5.11 Å². The minimum absolute atomic E-state index is 0.0373. The third kappa shape index (κ3) is 2.44. The van der Waals surface area contributed by atoms with Gasteiger partial charge in [0.15, 0.2) is 0 Å². The first-order valence-corrected chi connectivity index (χ1v) is 6.60. The molecule has 0 saturated carbocycles. The molecule has 3 rings (SSSR count). The summed E-state index contributed by atoms with van der Waals surface area (Å²) in [7, 11) is 0. The fourth-order valence-corrected chi connectivity index (χ4v) is 2.42. The van der Waals surface area contributed by atoms with Crippen LogP contribution in [0.15, 0.2) is 48.5 Å². The number of nitrogens with zero attached hydrogens (tertiary/aromatic N) is 2. The molecule has 1 aromatic heterocycles. The summed E-state index contributed by atoms with van der Waals surface area (Å²) in [6.45, 7) is 3.66. The van der Waals surface area contributed by atoms with Crippen LogP contribution in [0, 0.1) is 18.3 Å². The van der Waals surface area contributed by atoms with Crippen molar-refractivity contribution in [2.45, 2.75) is 6.42 Å². The number of aromatic nitrogens is 1. The highest BCUT2D eigenvalue weighted by Crippen LogP contribution is 2.30. The topological polar surface area (TPSA) is 56.9 Å². The van der Waals surface area contributed by atoms with Gasteiger partial charge in [-0.2, -0.15) is 5.26 Å². The molecule has 0 aliphatic heterocycles. The van der Waals surface area contributed by atoms with E-state index in [1.54, 1.807) is 0 Å². The molecule has 0 aliphatic carbocycles. The van der Waals surface area contributed by atoms with Gasteiger partial charge in [0, 0.05) is 10.8 Å². The van der Waals surface area contributed by atoms with E-state index in [9.17, 15) is 10.4 Å². The molecule has 0 atom stereocenters. The summed E-state index contributed by atoms with van der Waals surface area (Å²) in [4.78, 5) is 4.05. The summed E-state index contributed by atoms with van der Waals surface area (Å²) in [6, 6.07) is 17.9. The van der Waals surface area contributed by atoms with Gasteiger partial charge in [-0.05, 0) is 30.5 Å². The summed E-state index contributed by atoms with van der Waals surface area (Å²) in [5, 5.41) is 20.5. The number of fused-ring (bicyclic) bond motifs is 1. The highest BCUT2D eigenvalue weighted by atomic mass is 16.3. The summed E-state index contributed by atoms with van der Waals surface area (Å²) >= 11 is 0. The van der Waals surface area contributed by atoms with Crippen LogP contribution in [0.1, 0.15) is 22.5 Å². The third-order valence-electron chi connectivity index (χ3n) is 3.47. The first-order chi connectivity index (χ1) is 10.2. The lowest BCUT2D eigenvalue weighted by Crippen LogP contribution is -1.93. The van der Waals surface area contributed by atoms with E-state index in [4.69, 9.17) is 0 Å². The molecule has 101 valence electrons. The smallest absolute Gasteiger partial charge is 0.148 e. The maximum atomic E-state index is 10.0. The van der Waals surface area contributed by atoms with E-state index < -0.39 is 0 Å². The van der Waals surface area contributed by atoms with Gasteiger partial charge in [0.25, 0.3) is 0 Å². The van der Waals surface area contributed by atoms with Crippen molar-refractivity contribution in [3.63, 3.8) is 0 Å². The molecule has 0 saturated heterocycles. The maximum absolute atomic E-state index is 10.0. The monoisotopic (exact) mass is 273 g/mol. The summed E-state index contributed by atoms with van der Waals surface area (Å²) in [6.07, 6.45) is 0.772. The van der Waals surface area contributed by atoms with Gasteiger partial charge in [-0.1, -0.05) is 42.5 Å². The van der Waals surface area contributed by atoms with Crippen LogP contribution in [-0.2, 0) is 6.42 Å². The van der Waals surface area contributed by atoms with Crippen molar-refractivity contribution in [2.24, 2.45) is 0 Å². The Morgan fingerprint density at radius 2 is 1.81 bits per heavy atom. The second kappa shape index (κ2) is 5.26. The SMILES string of the molecule is [CH2]c1nc(C#N)c2cc(Cc3ccccc3)ccc2c1O. The van der Waals surface area contributed by atoms with Crippen LogP contribution < -0.4 is 0 Å². The number of pyridine rings is 1. The molecule has 0 spiro atoms. The van der Waals surface area contributed by atoms with E-state index in [0.29, 0.717) is 16.5 Å². The summed E-state index contributed by atoms with van der Waals surface area (Å²) in [5.74, 6) is 0.0373. The van der Waals surface area contributed by atoms with Crippen molar-refractivity contribution in [3.8, 4) is 11.8 Å². The molecule has 0 fully saturated rings. The molecule has 0 bridgehead atoms. The van der Waals surface area contributed by atoms with Crippen LogP contribution in [0.2, 0.25) is 0 Å². The van der Waals surface area contributed by atoms with E-state index in [1.807, 2.05) is 36.4 Å². The lowest BCUT2D eigenvalue weighted by atomic mass is 10.00. The quantitative estimate of drug-likeness (QED) is 0.776. The molecule has 0 amide bonds. The van der Waals surface area contributed by atoms with Crippen molar-refractivity contribution in [2.75, 3.05) is 0 Å². The predicted octanol–water partition coefficient (Wildman–Crippen LogP) is 3.59. The Morgan fingerprint density at radius 1 is 1.05 bits per heavy atom. The van der Waals surface area contributed by atoms with Crippen molar-refractivity contribution in [1.82, 2.24) is 4.98 Å². The number of aromatic hydroxyl groups is 1. The van der Waals surface area contributed by atoms with Gasteiger partial charge >= 0.3 is 0 Å². The zero-order valence-electron chi connectivity index (χ0n) is 11.4. The summed E-state index contributed by atoms with van der Waals surface area (Å²) in [5.41, 5.74) is 2.79. The first kappa shape index (κ1) is 13.1. The van der Waals surface area contributed by atoms with Gasteiger partial charge in [0.2, 0.25) is 0 Å². The number of rotatable bonds is 2. The first-order valence-electron chi connectivity index (χ1n) is 6.60. The largest absolute Gasteiger partial charge is 0.505 e. The van der Waals surface area contributed by atoms with E-state index in [0.717, 1.165) is 12.0 Å². The molecule has 1 heterocycles. The Morgan fingerprint density at radius 3 is 2.52 bits per heavy atom. The Kier molecular flexibility index (Phi) is 3.29. The van der Waals surface area contributed by atoms with Crippen LogP contribution in [0.4, 0.5) is 0 Å². The normalized spacial score (nSPS) is 10.5. The molecule has 2 aromatic carbocycles. The highest BCUT2D eigenvalue weighted by Gasteiger charge is 2.11. The molecular formula is C18H13N2O. The molecule has 3 heteroatoms. The molecular weight excluding hydrogens is 260 g/mol. The lowest BCUT2D eigenvalue weighted by Gasteiger charge is -2.08. The van der Waals surface area contributed by atoms with Crippen LogP contribution >= 0.6 is 0 Å². The zero-order valence-corrected chi connectivity index (χ0v) is 11.4. The third-order valence-corrected chi connectivity index (χ3v) is 3.47. The van der Waals surface area contributed by atoms with Crippen molar-refractivity contribution in [1.29, 1.82) is 5.26 Å². The molecule has 3 nitrogen and oxygen atoms in total. The van der Waals surface area contributed by atoms with Gasteiger partial charge < -0.3 is 5.11 Å². The number of benzene rings is 2. The Balaban J connectivity index is 2.12. The molecule has 1 radical (unpaired) electrons. The number of hydrogen-bond acceptors (Lipinski definition) is 3. The highest BCUT2D eigenvalue weighted by molar-refractivity contribution is 5.92. The van der Waals surface area contributed by atoms with E-state index in [1.165, 1.54) is 5.56 Å². The second-order valence-corrected chi connectivity index (χ2v) is 4.91. The molecule has 0 aliphatic rings. The maximum Gasteiger partial charge on any atom is 0.148 e. The van der Waals surface area contributed by atoms with E-state index in [2.05, 4.69) is 30.1 Å². The molecule has 21 heavy (non-hydrogen) atoms. The average Bonchev–Trinajstić information content (AvgIpc) is 2.52. The van der Waals surface area contributed by atoms with E-state index in [-0.39, 0.29) is 11.4 Å². The Bertz CT molecular complexity index is 848. The fourth-order valence-electron chi connectivity index (χ4n) is 2.42. The number of hydrogen-bond donors (Lipinski definition) is 1. The average molecular weight is 273 g/mol. The van der Waals surface area contributed by atoms with Crippen LogP contribution in [0.3, 0.4) is 0 Å². The number of nitriles is 1. The van der Waals surface area contributed by atoms with E-state index >= 15 is 0 Å². The van der Waals surface area contributed by atoms with Crippen molar-refractivity contribution in [3.05, 3.63) is 78.0 Å². The van der Waals surface area contributed by atoms with Gasteiger partial charge in [-0.25, -0.2) is 4.98 Å². The standard InChI is InChI=1S/C18H13N2O/c1-12-18(21)15-8-7-14(9-13-5-3-2-4-6-13)10-16(15)17(11-19)20-12/h2-8,10,21H,1,9H2. The van der Waals surface area contributed by atoms with Gasteiger partial charge in [-0.3, -0.25) is 0 Å². The minimum atomic E-state index is 0.0373. The molecule has 3 aromatic rings. The molecule has 1 N–H and O–H groups in total. The van der Waals surface area contributed by atoms with Crippen molar-refractivity contribution >= 4 is 10.8 Å². The van der Waals surface area contributed by atoms with Gasteiger partial charge in [0.1, 0.15) is 17.5 Å². The Hall–Kier alpha value is -2.86. The summed E-state index contributed by atoms with van der Waals surface area (Å²) < 4.78 is 0. The minimum Gasteiger partial charge on any atom is -0.505 e. The molecule has 0 unspecified atom stereocenters. The van der Waals surface area contributed by atoms with Gasteiger partial charge in [0.05, 0.1) is 5.69 Å². The van der Waals surface area contributed by atoms with Gasteiger partial charge in [-0.15, -0.1) is 0 Å². The Labute approximate surface area is 123 Å². The van der Waals surface area contributed by atoms with Crippen LogP contribution in [-0.4, -0.2) is 10.1 Å². The van der Waals surface area contributed by atoms with Crippen LogP contribution in [0.5, 0.6) is 5.75 Å². The predicted molar refractivity (Wildman–Crippen MR) is 81.8 cm³/mol. The second-order valence-electron chi connectivity index (χ2n) is 4.91. The lowest BCUT2D eigenvalue weighted by molar-refractivity contribution is 0.476.